The maximum absolute atomic E-state index is 12.3. The fourth-order valence-corrected chi connectivity index (χ4v) is 2.21. The number of carbonyl (C=O) groups excluding carboxylic acids is 2. The predicted molar refractivity (Wildman–Crippen MR) is 90.1 cm³/mol. The Kier molecular flexibility index (Phi) is 3.99. The molecule has 0 spiro atoms. The van der Waals surface area contributed by atoms with Gasteiger partial charge < -0.3 is 14.6 Å². The molecule has 0 aliphatic carbocycles. The number of rotatable bonds is 3. The molecule has 0 saturated carbocycles. The lowest BCUT2D eigenvalue weighted by Crippen LogP contribution is -2.22. The van der Waals surface area contributed by atoms with Gasteiger partial charge in [0.2, 0.25) is 0 Å². The second kappa shape index (κ2) is 6.11. The third kappa shape index (κ3) is 3.10. The Balaban J connectivity index is 1.77. The zero-order valence-electron chi connectivity index (χ0n) is 13.6. The van der Waals surface area contributed by atoms with E-state index in [9.17, 15) is 9.59 Å². The molecule has 3 aromatic heterocycles. The van der Waals surface area contributed by atoms with E-state index >= 15 is 0 Å². The number of nitrogens with one attached hydrogen (secondary N) is 1. The molecule has 2 amide bonds. The summed E-state index contributed by atoms with van der Waals surface area (Å²) in [5.74, 6) is -0.520. The van der Waals surface area contributed by atoms with Crippen molar-refractivity contribution in [1.29, 1.82) is 0 Å². The Morgan fingerprint density at radius 3 is 2.62 bits per heavy atom. The molecule has 1 N–H and O–H groups in total. The van der Waals surface area contributed by atoms with Crippen LogP contribution in [0.15, 0.2) is 42.9 Å². The molecular formula is C17H17N5O2. The van der Waals surface area contributed by atoms with Crippen LogP contribution in [-0.4, -0.2) is 45.2 Å². The van der Waals surface area contributed by atoms with E-state index in [0.717, 1.165) is 5.56 Å². The minimum absolute atomic E-state index is 0.191. The van der Waals surface area contributed by atoms with Crippen molar-refractivity contribution >= 4 is 23.1 Å². The van der Waals surface area contributed by atoms with Crippen molar-refractivity contribution in [3.05, 3.63) is 59.8 Å². The van der Waals surface area contributed by atoms with Crippen molar-refractivity contribution in [3.63, 3.8) is 0 Å². The van der Waals surface area contributed by atoms with E-state index in [4.69, 9.17) is 0 Å². The van der Waals surface area contributed by atoms with Crippen LogP contribution in [0.4, 0.5) is 5.69 Å². The van der Waals surface area contributed by atoms with Crippen LogP contribution in [0, 0.1) is 6.92 Å². The lowest BCUT2D eigenvalue weighted by molar-refractivity contribution is 0.0822. The van der Waals surface area contributed by atoms with E-state index in [1.807, 2.05) is 25.3 Å². The van der Waals surface area contributed by atoms with Gasteiger partial charge in [-0.1, -0.05) is 0 Å². The lowest BCUT2D eigenvalue weighted by Gasteiger charge is -2.09. The van der Waals surface area contributed by atoms with Gasteiger partial charge in [-0.05, 0) is 36.8 Å². The molecule has 0 bridgehead atoms. The molecule has 0 aromatic carbocycles. The Morgan fingerprint density at radius 1 is 1.17 bits per heavy atom. The van der Waals surface area contributed by atoms with E-state index in [1.165, 1.54) is 11.1 Å². The number of amides is 2. The first-order valence-electron chi connectivity index (χ1n) is 7.38. The fourth-order valence-electron chi connectivity index (χ4n) is 2.21. The van der Waals surface area contributed by atoms with Gasteiger partial charge in [-0.25, -0.2) is 9.97 Å². The molecule has 3 heterocycles. The molecule has 0 aliphatic heterocycles. The average Bonchev–Trinajstić information content (AvgIpc) is 2.98. The number of imidazole rings is 1. The SMILES string of the molecule is Cc1ccn2cc(C(=O)Nc3ccc(C(=O)N(C)C)nc3)nc2c1. The standard InChI is InChI=1S/C17H17N5O2/c1-11-6-7-22-10-14(20-15(22)8-11)16(23)19-12-4-5-13(18-9-12)17(24)21(2)3/h4-10H,1-3H3,(H,19,23). The van der Waals surface area contributed by atoms with Crippen LogP contribution in [0.3, 0.4) is 0 Å². The van der Waals surface area contributed by atoms with Crippen LogP contribution in [0.5, 0.6) is 0 Å². The molecule has 3 aromatic rings. The molecule has 7 heteroatoms. The van der Waals surface area contributed by atoms with Gasteiger partial charge in [0.1, 0.15) is 17.0 Å². The van der Waals surface area contributed by atoms with Gasteiger partial charge in [0.05, 0.1) is 11.9 Å². The van der Waals surface area contributed by atoms with Crippen molar-refractivity contribution in [2.75, 3.05) is 19.4 Å². The number of hydrogen-bond donors (Lipinski definition) is 1. The summed E-state index contributed by atoms with van der Waals surface area (Å²) in [4.78, 5) is 33.9. The summed E-state index contributed by atoms with van der Waals surface area (Å²) in [6.45, 7) is 1.97. The minimum Gasteiger partial charge on any atom is -0.343 e. The summed E-state index contributed by atoms with van der Waals surface area (Å²) >= 11 is 0. The van der Waals surface area contributed by atoms with Gasteiger partial charge in [0.15, 0.2) is 0 Å². The molecule has 0 unspecified atom stereocenters. The molecule has 122 valence electrons. The molecule has 0 radical (unpaired) electrons. The number of hydrogen-bond acceptors (Lipinski definition) is 4. The monoisotopic (exact) mass is 323 g/mol. The Morgan fingerprint density at radius 2 is 1.96 bits per heavy atom. The first kappa shape index (κ1) is 15.7. The second-order valence-corrected chi connectivity index (χ2v) is 5.68. The Hall–Kier alpha value is -3.22. The van der Waals surface area contributed by atoms with E-state index in [0.29, 0.717) is 22.7 Å². The summed E-state index contributed by atoms with van der Waals surface area (Å²) in [6.07, 6.45) is 4.98. The van der Waals surface area contributed by atoms with Gasteiger partial charge in [-0.15, -0.1) is 0 Å². The average molecular weight is 323 g/mol. The highest BCUT2D eigenvalue weighted by Crippen LogP contribution is 2.11. The van der Waals surface area contributed by atoms with E-state index in [2.05, 4.69) is 15.3 Å². The fraction of sp³-hybridized carbons (Fsp3) is 0.176. The zero-order valence-corrected chi connectivity index (χ0v) is 13.6. The number of carbonyl (C=O) groups is 2. The lowest BCUT2D eigenvalue weighted by atomic mass is 10.3. The van der Waals surface area contributed by atoms with Crippen LogP contribution < -0.4 is 5.32 Å². The van der Waals surface area contributed by atoms with Crippen molar-refractivity contribution in [1.82, 2.24) is 19.3 Å². The molecule has 24 heavy (non-hydrogen) atoms. The smallest absolute Gasteiger partial charge is 0.275 e. The maximum atomic E-state index is 12.3. The van der Waals surface area contributed by atoms with Gasteiger partial charge in [0, 0.05) is 26.5 Å². The quantitative estimate of drug-likeness (QED) is 0.799. The predicted octanol–water partition coefficient (Wildman–Crippen LogP) is 1.99. The molecule has 0 aliphatic rings. The summed E-state index contributed by atoms with van der Waals surface area (Å²) in [7, 11) is 3.32. The van der Waals surface area contributed by atoms with E-state index in [-0.39, 0.29) is 11.8 Å². The summed E-state index contributed by atoms with van der Waals surface area (Å²) in [6, 6.07) is 7.06. The van der Waals surface area contributed by atoms with Crippen LogP contribution in [0.2, 0.25) is 0 Å². The molecule has 0 fully saturated rings. The number of anilines is 1. The van der Waals surface area contributed by atoms with Gasteiger partial charge in [0.25, 0.3) is 11.8 Å². The van der Waals surface area contributed by atoms with E-state index < -0.39 is 0 Å². The van der Waals surface area contributed by atoms with Crippen LogP contribution in [-0.2, 0) is 0 Å². The highest BCUT2D eigenvalue weighted by molar-refractivity contribution is 6.03. The highest BCUT2D eigenvalue weighted by atomic mass is 16.2. The molecular weight excluding hydrogens is 306 g/mol. The normalized spacial score (nSPS) is 10.6. The summed E-state index contributed by atoms with van der Waals surface area (Å²) in [5, 5.41) is 2.73. The largest absolute Gasteiger partial charge is 0.343 e. The van der Waals surface area contributed by atoms with Crippen LogP contribution >= 0.6 is 0 Å². The minimum atomic E-state index is -0.329. The van der Waals surface area contributed by atoms with Gasteiger partial charge in [-0.3, -0.25) is 9.59 Å². The Bertz CT molecular complexity index is 912. The zero-order chi connectivity index (χ0) is 17.3. The summed E-state index contributed by atoms with van der Waals surface area (Å²) in [5.41, 5.74) is 2.93. The highest BCUT2D eigenvalue weighted by Gasteiger charge is 2.13. The van der Waals surface area contributed by atoms with Crippen molar-refractivity contribution < 1.29 is 9.59 Å². The van der Waals surface area contributed by atoms with Gasteiger partial charge in [-0.2, -0.15) is 0 Å². The second-order valence-electron chi connectivity index (χ2n) is 5.68. The Labute approximate surface area is 139 Å². The first-order chi connectivity index (χ1) is 11.4. The number of fused-ring (bicyclic) bond motifs is 1. The van der Waals surface area contributed by atoms with Crippen molar-refractivity contribution in [3.8, 4) is 0 Å². The topological polar surface area (TPSA) is 79.6 Å². The van der Waals surface area contributed by atoms with Gasteiger partial charge >= 0.3 is 0 Å². The number of aryl methyl sites for hydroxylation is 1. The molecule has 0 saturated heterocycles. The molecule has 7 nitrogen and oxygen atoms in total. The summed E-state index contributed by atoms with van der Waals surface area (Å²) < 4.78 is 1.79. The van der Waals surface area contributed by atoms with Crippen molar-refractivity contribution in [2.45, 2.75) is 6.92 Å². The number of aromatic nitrogens is 3. The maximum Gasteiger partial charge on any atom is 0.275 e. The number of pyridine rings is 2. The molecule has 3 rings (SSSR count). The molecule has 0 atom stereocenters. The number of nitrogens with zero attached hydrogens (tertiary/aromatic N) is 4. The third-order valence-corrected chi connectivity index (χ3v) is 3.50. The first-order valence-corrected chi connectivity index (χ1v) is 7.38. The van der Waals surface area contributed by atoms with E-state index in [1.54, 1.807) is 36.8 Å². The van der Waals surface area contributed by atoms with Crippen LogP contribution in [0.25, 0.3) is 5.65 Å². The third-order valence-electron chi connectivity index (χ3n) is 3.50. The van der Waals surface area contributed by atoms with Crippen LogP contribution in [0.1, 0.15) is 26.5 Å². The van der Waals surface area contributed by atoms with Crippen molar-refractivity contribution in [2.24, 2.45) is 0 Å².